The Bertz CT molecular complexity index is 2780. The van der Waals surface area contributed by atoms with Crippen molar-refractivity contribution in [2.24, 2.45) is 0 Å². The second kappa shape index (κ2) is 10.2. The molecule has 9 aromatic rings. The normalized spacial score (nSPS) is 13.4. The third-order valence-corrected chi connectivity index (χ3v) is 10.7. The van der Waals surface area contributed by atoms with E-state index in [0.29, 0.717) is 5.82 Å². The molecular weight excluding hydrogens is 609 g/mol. The van der Waals surface area contributed by atoms with Gasteiger partial charge in [0.25, 0.3) is 0 Å². The van der Waals surface area contributed by atoms with E-state index in [4.69, 9.17) is 14.4 Å². The van der Waals surface area contributed by atoms with Gasteiger partial charge in [0, 0.05) is 27.6 Å². The van der Waals surface area contributed by atoms with Crippen molar-refractivity contribution in [2.75, 3.05) is 0 Å². The van der Waals surface area contributed by atoms with E-state index < -0.39 is 5.41 Å². The molecule has 2 aromatic heterocycles. The van der Waals surface area contributed by atoms with E-state index in [0.717, 1.165) is 55.9 Å². The molecule has 2 aliphatic carbocycles. The number of para-hydroxylation sites is 1. The second-order valence-electron chi connectivity index (χ2n) is 13.3. The highest BCUT2D eigenvalue weighted by molar-refractivity contribution is 6.05. The van der Waals surface area contributed by atoms with Crippen LogP contribution in [0.5, 0.6) is 0 Å². The summed E-state index contributed by atoms with van der Waals surface area (Å²) in [4.78, 5) is 10.5. The number of fused-ring (bicyclic) bond motifs is 13. The summed E-state index contributed by atoms with van der Waals surface area (Å²) >= 11 is 0. The summed E-state index contributed by atoms with van der Waals surface area (Å²) in [5.74, 6) is 1.68. The predicted molar refractivity (Wildman–Crippen MR) is 202 cm³/mol. The molecule has 0 unspecified atom stereocenters. The number of nitrogens with zero attached hydrogens (tertiary/aromatic N) is 2. The molecule has 0 amide bonds. The third kappa shape index (κ3) is 3.64. The number of rotatable bonds is 3. The molecule has 3 heteroatoms. The van der Waals surface area contributed by atoms with Gasteiger partial charge in [-0.05, 0) is 62.4 Å². The summed E-state index contributed by atoms with van der Waals surface area (Å²) in [7, 11) is 0. The number of hydrogen-bond acceptors (Lipinski definition) is 3. The zero-order valence-corrected chi connectivity index (χ0v) is 27.0. The van der Waals surface area contributed by atoms with Crippen molar-refractivity contribution in [2.45, 2.75) is 5.41 Å². The molecule has 3 nitrogen and oxygen atoms in total. The lowest BCUT2D eigenvalue weighted by Gasteiger charge is -2.28. The SMILES string of the molecule is c1ccc(-c2cc(-c3cccc4ccccc34)nc(-c3ccc4c(c3)-c3c(oc5ccccc35)C43c4ccccc4-c4ccccc43)n2)cc1. The fraction of sp³-hybridized carbons (Fsp3) is 0.0213. The lowest BCUT2D eigenvalue weighted by molar-refractivity contribution is 0.507. The first-order valence-electron chi connectivity index (χ1n) is 17.1. The van der Waals surface area contributed by atoms with E-state index in [1.807, 2.05) is 6.07 Å². The van der Waals surface area contributed by atoms with Crippen LogP contribution in [0, 0.1) is 0 Å². The molecule has 0 fully saturated rings. The van der Waals surface area contributed by atoms with Gasteiger partial charge in [-0.3, -0.25) is 0 Å². The van der Waals surface area contributed by atoms with Gasteiger partial charge < -0.3 is 4.42 Å². The molecule has 11 rings (SSSR count). The molecule has 0 N–H and O–H groups in total. The van der Waals surface area contributed by atoms with Crippen LogP contribution in [0.2, 0.25) is 0 Å². The van der Waals surface area contributed by atoms with E-state index in [-0.39, 0.29) is 0 Å². The van der Waals surface area contributed by atoms with Crippen molar-refractivity contribution >= 4 is 21.7 Å². The van der Waals surface area contributed by atoms with Crippen LogP contribution in [0.4, 0.5) is 0 Å². The maximum absolute atomic E-state index is 6.95. The number of hydrogen-bond donors (Lipinski definition) is 0. The fourth-order valence-electron chi connectivity index (χ4n) is 8.61. The van der Waals surface area contributed by atoms with Crippen molar-refractivity contribution in [1.29, 1.82) is 0 Å². The highest BCUT2D eigenvalue weighted by Gasteiger charge is 2.55. The van der Waals surface area contributed by atoms with Gasteiger partial charge in [0.05, 0.1) is 11.4 Å². The van der Waals surface area contributed by atoms with Crippen LogP contribution < -0.4 is 0 Å². The fourth-order valence-corrected chi connectivity index (χ4v) is 8.61. The van der Waals surface area contributed by atoms with Crippen LogP contribution in [-0.2, 0) is 5.41 Å². The van der Waals surface area contributed by atoms with E-state index in [2.05, 4.69) is 164 Å². The molecule has 1 spiro atoms. The van der Waals surface area contributed by atoms with Gasteiger partial charge in [-0.2, -0.15) is 0 Å². The van der Waals surface area contributed by atoms with Gasteiger partial charge in [-0.25, -0.2) is 9.97 Å². The molecule has 0 saturated heterocycles. The lowest BCUT2D eigenvalue weighted by Crippen LogP contribution is -2.25. The molecule has 50 heavy (non-hydrogen) atoms. The highest BCUT2D eigenvalue weighted by atomic mass is 16.3. The summed E-state index contributed by atoms with van der Waals surface area (Å²) in [6, 6.07) is 60.3. The first-order chi connectivity index (χ1) is 24.8. The summed E-state index contributed by atoms with van der Waals surface area (Å²) in [5, 5.41) is 3.48. The Hall–Kier alpha value is -6.58. The Kier molecular flexibility index (Phi) is 5.59. The number of benzene rings is 7. The van der Waals surface area contributed by atoms with Crippen LogP contribution in [0.15, 0.2) is 174 Å². The lowest BCUT2D eigenvalue weighted by atomic mass is 9.73. The molecule has 7 aromatic carbocycles. The molecule has 232 valence electrons. The maximum Gasteiger partial charge on any atom is 0.160 e. The number of aromatic nitrogens is 2. The Morgan fingerprint density at radius 2 is 1.04 bits per heavy atom. The standard InChI is InChI=1S/C47H28N2O/c1-2-14-30(15-3-1)41-28-42(35-21-12-16-29-13-4-5-17-32(29)35)49-46(48-41)31-25-26-40-37(27-31)44-36-20-8-11-24-43(36)50-45(44)47(40)38-22-9-6-18-33(38)34-19-7-10-23-39(34)47/h1-28H. The molecule has 2 aliphatic rings. The Morgan fingerprint density at radius 1 is 0.420 bits per heavy atom. The van der Waals surface area contributed by atoms with Crippen molar-refractivity contribution in [3.05, 3.63) is 192 Å². The minimum Gasteiger partial charge on any atom is -0.459 e. The van der Waals surface area contributed by atoms with E-state index >= 15 is 0 Å². The molecular formula is C47H28N2O. The highest BCUT2D eigenvalue weighted by Crippen LogP contribution is 2.64. The predicted octanol–water partition coefficient (Wildman–Crippen LogP) is 11.7. The molecule has 0 bridgehead atoms. The summed E-state index contributed by atoms with van der Waals surface area (Å²) < 4.78 is 6.95. The van der Waals surface area contributed by atoms with E-state index in [1.54, 1.807) is 0 Å². The minimum atomic E-state index is -0.559. The minimum absolute atomic E-state index is 0.559. The van der Waals surface area contributed by atoms with Gasteiger partial charge in [-0.1, -0.05) is 152 Å². The van der Waals surface area contributed by atoms with Gasteiger partial charge in [0.1, 0.15) is 16.8 Å². The van der Waals surface area contributed by atoms with Gasteiger partial charge in [0.2, 0.25) is 0 Å². The zero-order valence-electron chi connectivity index (χ0n) is 27.0. The quantitative estimate of drug-likeness (QED) is 0.194. The molecule has 0 radical (unpaired) electrons. The third-order valence-electron chi connectivity index (χ3n) is 10.7. The van der Waals surface area contributed by atoms with E-state index in [9.17, 15) is 0 Å². The van der Waals surface area contributed by atoms with Crippen molar-refractivity contribution in [3.63, 3.8) is 0 Å². The largest absolute Gasteiger partial charge is 0.459 e. The molecule has 0 saturated carbocycles. The monoisotopic (exact) mass is 636 g/mol. The zero-order chi connectivity index (χ0) is 32.8. The summed E-state index contributed by atoms with van der Waals surface area (Å²) in [5.41, 5.74) is 13.8. The maximum atomic E-state index is 6.95. The van der Waals surface area contributed by atoms with Crippen LogP contribution in [-0.4, -0.2) is 9.97 Å². The average Bonchev–Trinajstić information content (AvgIpc) is 3.81. The summed E-state index contributed by atoms with van der Waals surface area (Å²) in [6.45, 7) is 0. The van der Waals surface area contributed by atoms with Crippen LogP contribution in [0.3, 0.4) is 0 Å². The van der Waals surface area contributed by atoms with Gasteiger partial charge >= 0.3 is 0 Å². The molecule has 0 aliphatic heterocycles. The topological polar surface area (TPSA) is 38.9 Å². The van der Waals surface area contributed by atoms with Crippen molar-refractivity contribution < 1.29 is 4.42 Å². The Labute approximate surface area is 289 Å². The molecule has 2 heterocycles. The second-order valence-corrected chi connectivity index (χ2v) is 13.3. The molecule has 0 atom stereocenters. The Balaban J connectivity index is 1.20. The van der Waals surface area contributed by atoms with Crippen molar-refractivity contribution in [3.8, 4) is 56.2 Å². The van der Waals surface area contributed by atoms with Crippen LogP contribution >= 0.6 is 0 Å². The van der Waals surface area contributed by atoms with Crippen molar-refractivity contribution in [1.82, 2.24) is 9.97 Å². The van der Waals surface area contributed by atoms with E-state index in [1.165, 1.54) is 38.6 Å². The summed E-state index contributed by atoms with van der Waals surface area (Å²) in [6.07, 6.45) is 0. The average molecular weight is 637 g/mol. The first kappa shape index (κ1) is 27.4. The van der Waals surface area contributed by atoms with Gasteiger partial charge in [0.15, 0.2) is 5.82 Å². The van der Waals surface area contributed by atoms with Gasteiger partial charge in [-0.15, -0.1) is 0 Å². The van der Waals surface area contributed by atoms with Crippen LogP contribution in [0.25, 0.3) is 77.9 Å². The smallest absolute Gasteiger partial charge is 0.160 e. The first-order valence-corrected chi connectivity index (χ1v) is 17.1. The van der Waals surface area contributed by atoms with Crippen LogP contribution in [0.1, 0.15) is 22.5 Å². The number of furan rings is 1. The Morgan fingerprint density at radius 3 is 1.86 bits per heavy atom.